The summed E-state index contributed by atoms with van der Waals surface area (Å²) in [5.41, 5.74) is 1.07. The Bertz CT molecular complexity index is 869. The summed E-state index contributed by atoms with van der Waals surface area (Å²) >= 11 is 0. The third kappa shape index (κ3) is 4.24. The van der Waals surface area contributed by atoms with Gasteiger partial charge in [0, 0.05) is 0 Å². The molecule has 0 radical (unpaired) electrons. The van der Waals surface area contributed by atoms with Gasteiger partial charge >= 0.3 is 10.4 Å². The van der Waals surface area contributed by atoms with E-state index in [1.807, 2.05) is 25.1 Å². The normalized spacial score (nSPS) is 12.7. The molecule has 8 heteroatoms. The number of sulfone groups is 1. The minimum absolute atomic E-state index is 0.0813. The number of rotatable bonds is 5. The minimum atomic E-state index is -4.63. The fourth-order valence-electron chi connectivity index (χ4n) is 1.90. The lowest BCUT2D eigenvalue weighted by Crippen LogP contribution is -2.15. The molecule has 0 aliphatic heterocycles. The molecule has 0 aliphatic rings. The first-order valence-electron chi connectivity index (χ1n) is 6.02. The zero-order chi connectivity index (χ0) is 15.7. The van der Waals surface area contributed by atoms with Crippen molar-refractivity contribution >= 4 is 31.0 Å². The monoisotopic (exact) mass is 330 g/mol. The predicted molar refractivity (Wildman–Crippen MR) is 78.2 cm³/mol. The summed E-state index contributed by atoms with van der Waals surface area (Å²) in [4.78, 5) is 0.0813. The summed E-state index contributed by atoms with van der Waals surface area (Å²) in [6.07, 6.45) is 0. The van der Waals surface area contributed by atoms with Gasteiger partial charge in [-0.25, -0.2) is 12.6 Å². The van der Waals surface area contributed by atoms with Crippen molar-refractivity contribution in [3.05, 3.63) is 42.0 Å². The van der Waals surface area contributed by atoms with Gasteiger partial charge in [0.05, 0.1) is 17.3 Å². The molecular weight excluding hydrogens is 316 g/mol. The first kappa shape index (κ1) is 15.9. The van der Waals surface area contributed by atoms with E-state index in [0.29, 0.717) is 0 Å². The molecule has 0 unspecified atom stereocenters. The van der Waals surface area contributed by atoms with Crippen molar-refractivity contribution in [2.45, 2.75) is 11.8 Å². The Hall–Kier alpha value is -1.48. The van der Waals surface area contributed by atoms with Crippen molar-refractivity contribution in [2.75, 3.05) is 12.4 Å². The highest BCUT2D eigenvalue weighted by atomic mass is 32.3. The fraction of sp³-hybridized carbons (Fsp3) is 0.231. The molecule has 0 saturated carbocycles. The van der Waals surface area contributed by atoms with Gasteiger partial charge in [0.2, 0.25) is 0 Å². The van der Waals surface area contributed by atoms with Gasteiger partial charge in [-0.2, -0.15) is 8.42 Å². The number of benzene rings is 2. The van der Waals surface area contributed by atoms with Crippen LogP contribution >= 0.6 is 0 Å². The minimum Gasteiger partial charge on any atom is -0.264 e. The summed E-state index contributed by atoms with van der Waals surface area (Å²) in [7, 11) is -8.32. The van der Waals surface area contributed by atoms with Gasteiger partial charge in [0.15, 0.2) is 9.84 Å². The number of aryl methyl sites for hydroxylation is 1. The number of hydrogen-bond donors (Lipinski definition) is 1. The maximum absolute atomic E-state index is 12.1. The van der Waals surface area contributed by atoms with Gasteiger partial charge in [-0.3, -0.25) is 4.55 Å². The molecule has 0 amide bonds. The quantitative estimate of drug-likeness (QED) is 0.839. The van der Waals surface area contributed by atoms with Crippen molar-refractivity contribution in [1.29, 1.82) is 0 Å². The Morgan fingerprint density at radius 1 is 1.00 bits per heavy atom. The van der Waals surface area contributed by atoms with Crippen molar-refractivity contribution in [3.63, 3.8) is 0 Å². The van der Waals surface area contributed by atoms with E-state index in [1.54, 1.807) is 6.07 Å². The molecule has 0 atom stereocenters. The topological polar surface area (TPSA) is 97.7 Å². The molecule has 0 heterocycles. The molecule has 1 N–H and O–H groups in total. The molecule has 2 aromatic carbocycles. The smallest absolute Gasteiger partial charge is 0.264 e. The number of fused-ring (bicyclic) bond motifs is 1. The van der Waals surface area contributed by atoms with E-state index in [9.17, 15) is 16.8 Å². The second kappa shape index (κ2) is 5.72. The van der Waals surface area contributed by atoms with Crippen molar-refractivity contribution in [3.8, 4) is 0 Å². The summed E-state index contributed by atoms with van der Waals surface area (Å²) in [5.74, 6) is -0.538. The fourth-order valence-corrected chi connectivity index (χ4v) is 3.42. The van der Waals surface area contributed by atoms with Gasteiger partial charge < -0.3 is 0 Å². The van der Waals surface area contributed by atoms with Crippen LogP contribution in [0.3, 0.4) is 0 Å². The van der Waals surface area contributed by atoms with E-state index >= 15 is 0 Å². The van der Waals surface area contributed by atoms with E-state index < -0.39 is 32.6 Å². The van der Waals surface area contributed by atoms with E-state index in [0.717, 1.165) is 16.3 Å². The molecule has 6 nitrogen and oxygen atoms in total. The molecule has 0 fully saturated rings. The molecule has 2 aromatic rings. The van der Waals surface area contributed by atoms with Crippen LogP contribution in [-0.2, 0) is 24.4 Å². The average molecular weight is 330 g/mol. The molecule has 0 spiro atoms. The van der Waals surface area contributed by atoms with Crippen LogP contribution in [0.5, 0.6) is 0 Å². The SMILES string of the molecule is Cc1ccc2cc(S(=O)(=O)CCOS(=O)(=O)O)ccc2c1. The Kier molecular flexibility index (Phi) is 4.33. The Balaban J connectivity index is 2.26. The van der Waals surface area contributed by atoms with E-state index in [-0.39, 0.29) is 4.90 Å². The number of hydrogen-bond acceptors (Lipinski definition) is 5. The van der Waals surface area contributed by atoms with Crippen LogP contribution in [0.4, 0.5) is 0 Å². The highest BCUT2D eigenvalue weighted by Crippen LogP contribution is 2.21. The summed E-state index contributed by atoms with van der Waals surface area (Å²) in [6.45, 7) is 1.31. The lowest BCUT2D eigenvalue weighted by Gasteiger charge is -2.06. The Morgan fingerprint density at radius 3 is 2.29 bits per heavy atom. The second-order valence-corrected chi connectivity index (χ2v) is 7.78. The van der Waals surface area contributed by atoms with Gasteiger partial charge in [-0.15, -0.1) is 0 Å². The first-order valence-corrected chi connectivity index (χ1v) is 9.04. The maximum atomic E-state index is 12.1. The zero-order valence-electron chi connectivity index (χ0n) is 11.2. The van der Waals surface area contributed by atoms with Crippen molar-refractivity contribution in [2.24, 2.45) is 0 Å². The van der Waals surface area contributed by atoms with Crippen LogP contribution in [0.15, 0.2) is 41.3 Å². The lowest BCUT2D eigenvalue weighted by atomic mass is 10.1. The highest BCUT2D eigenvalue weighted by Gasteiger charge is 2.16. The van der Waals surface area contributed by atoms with Gasteiger partial charge in [0.25, 0.3) is 0 Å². The van der Waals surface area contributed by atoms with Gasteiger partial charge in [-0.05, 0) is 29.8 Å². The van der Waals surface area contributed by atoms with Crippen LogP contribution in [-0.4, -0.2) is 33.7 Å². The summed E-state index contributed by atoms with van der Waals surface area (Å²) in [5, 5.41) is 1.69. The summed E-state index contributed by atoms with van der Waals surface area (Å²) < 4.78 is 57.4. The third-order valence-corrected chi connectivity index (χ3v) is 5.05. The molecule has 0 aliphatic carbocycles. The van der Waals surface area contributed by atoms with E-state index in [1.165, 1.54) is 12.1 Å². The maximum Gasteiger partial charge on any atom is 0.397 e. The van der Waals surface area contributed by atoms with Crippen molar-refractivity contribution < 1.29 is 25.6 Å². The summed E-state index contributed by atoms with van der Waals surface area (Å²) in [6, 6.07) is 10.3. The zero-order valence-corrected chi connectivity index (χ0v) is 12.8. The molecule has 0 bridgehead atoms. The van der Waals surface area contributed by atoms with Crippen LogP contribution < -0.4 is 0 Å². The molecule has 0 aromatic heterocycles. The average Bonchev–Trinajstić information content (AvgIpc) is 2.36. The van der Waals surface area contributed by atoms with Gasteiger partial charge in [-0.1, -0.05) is 29.8 Å². The Labute approximate surface area is 123 Å². The third-order valence-electron chi connectivity index (χ3n) is 2.91. The van der Waals surface area contributed by atoms with Crippen LogP contribution in [0.2, 0.25) is 0 Å². The van der Waals surface area contributed by atoms with E-state index in [4.69, 9.17) is 4.55 Å². The van der Waals surface area contributed by atoms with Crippen LogP contribution in [0, 0.1) is 6.92 Å². The standard InChI is InChI=1S/C13H14O6S2/c1-10-2-3-12-9-13(5-4-11(12)8-10)20(14,15)7-6-19-21(16,17)18/h2-5,8-9H,6-7H2,1H3,(H,16,17,18). The van der Waals surface area contributed by atoms with Crippen LogP contribution in [0.1, 0.15) is 5.56 Å². The van der Waals surface area contributed by atoms with Gasteiger partial charge in [0.1, 0.15) is 0 Å². The largest absolute Gasteiger partial charge is 0.397 e. The van der Waals surface area contributed by atoms with Crippen molar-refractivity contribution in [1.82, 2.24) is 0 Å². The lowest BCUT2D eigenvalue weighted by molar-refractivity contribution is 0.284. The second-order valence-electron chi connectivity index (χ2n) is 4.58. The van der Waals surface area contributed by atoms with Crippen LogP contribution in [0.25, 0.3) is 10.8 Å². The first-order chi connectivity index (χ1) is 9.67. The molecule has 0 saturated heterocycles. The van der Waals surface area contributed by atoms with E-state index in [2.05, 4.69) is 4.18 Å². The molecule has 114 valence electrons. The molecular formula is C13H14O6S2. The molecule has 21 heavy (non-hydrogen) atoms. The highest BCUT2D eigenvalue weighted by molar-refractivity contribution is 7.91. The molecule has 2 rings (SSSR count). The predicted octanol–water partition coefficient (Wildman–Crippen LogP) is 1.74. The Morgan fingerprint density at radius 2 is 1.62 bits per heavy atom.